The molecule has 92 valence electrons. The van der Waals surface area contributed by atoms with E-state index < -0.39 is 0 Å². The molecule has 1 N–H and O–H groups in total. The molecule has 2 rings (SSSR count). The number of nitrogens with one attached hydrogen (secondary N) is 1. The van der Waals surface area contributed by atoms with Gasteiger partial charge in [0.2, 0.25) is 0 Å². The van der Waals surface area contributed by atoms with Crippen molar-refractivity contribution < 1.29 is 9.53 Å². The molecule has 5 nitrogen and oxygen atoms in total. The summed E-state index contributed by atoms with van der Waals surface area (Å²) in [5.74, 6) is 0.304. The first-order valence-corrected chi connectivity index (χ1v) is 5.75. The van der Waals surface area contributed by atoms with E-state index in [2.05, 4.69) is 15.0 Å². The zero-order valence-electron chi connectivity index (χ0n) is 10.4. The van der Waals surface area contributed by atoms with E-state index in [4.69, 9.17) is 4.74 Å². The van der Waals surface area contributed by atoms with Gasteiger partial charge in [-0.2, -0.15) is 0 Å². The Kier molecular flexibility index (Phi) is 5.13. The van der Waals surface area contributed by atoms with Gasteiger partial charge in [0.05, 0.1) is 12.1 Å². The van der Waals surface area contributed by atoms with Crippen molar-refractivity contribution >= 4 is 17.1 Å². The maximum absolute atomic E-state index is 11.2. The molecule has 0 saturated heterocycles. The number of ether oxygens (including phenoxy) is 1. The molecule has 0 aliphatic heterocycles. The Morgan fingerprint density at radius 3 is 2.88 bits per heavy atom. The molecule has 0 aliphatic carbocycles. The van der Waals surface area contributed by atoms with Gasteiger partial charge in [-0.3, -0.25) is 4.79 Å². The summed E-state index contributed by atoms with van der Waals surface area (Å²) >= 11 is 0. The highest BCUT2D eigenvalue weighted by Crippen LogP contribution is 2.07. The first kappa shape index (κ1) is 13.2. The summed E-state index contributed by atoms with van der Waals surface area (Å²) in [5, 5.41) is 0. The van der Waals surface area contributed by atoms with Crippen LogP contribution in [0, 0.1) is 0 Å². The number of esters is 1. The SMILES string of the molecule is CC.CCOC(=O)Cc1nc2ncccc2[nH]1. The summed E-state index contributed by atoms with van der Waals surface area (Å²) in [6.45, 7) is 6.16. The number of aromatic amines is 1. The fraction of sp³-hybridized carbons (Fsp3) is 0.417. The summed E-state index contributed by atoms with van der Waals surface area (Å²) < 4.78 is 4.82. The second-order valence-electron chi connectivity index (χ2n) is 3.04. The van der Waals surface area contributed by atoms with Crippen molar-refractivity contribution in [3.63, 3.8) is 0 Å². The number of hydrogen-bond acceptors (Lipinski definition) is 4. The number of nitrogens with zero attached hydrogens (tertiary/aromatic N) is 2. The van der Waals surface area contributed by atoms with Gasteiger partial charge in [-0.05, 0) is 19.1 Å². The van der Waals surface area contributed by atoms with E-state index in [0.29, 0.717) is 18.1 Å². The molecule has 2 aromatic rings. The normalized spacial score (nSPS) is 9.59. The van der Waals surface area contributed by atoms with Crippen LogP contribution in [0.5, 0.6) is 0 Å². The van der Waals surface area contributed by atoms with Gasteiger partial charge in [0.25, 0.3) is 0 Å². The fourth-order valence-electron chi connectivity index (χ4n) is 1.33. The van der Waals surface area contributed by atoms with Crippen molar-refractivity contribution in [1.29, 1.82) is 0 Å². The standard InChI is InChI=1S/C10H11N3O2.C2H6/c1-2-15-9(14)6-8-12-7-4-3-5-11-10(7)13-8;1-2/h3-5H,2,6H2,1H3,(H,11,12,13);1-2H3. The predicted molar refractivity (Wildman–Crippen MR) is 65.6 cm³/mol. The van der Waals surface area contributed by atoms with Crippen LogP contribution >= 0.6 is 0 Å². The Morgan fingerprint density at radius 2 is 2.24 bits per heavy atom. The zero-order valence-corrected chi connectivity index (χ0v) is 10.4. The van der Waals surface area contributed by atoms with Crippen LogP contribution in [0.15, 0.2) is 18.3 Å². The minimum Gasteiger partial charge on any atom is -0.466 e. The van der Waals surface area contributed by atoms with Gasteiger partial charge in [-0.1, -0.05) is 13.8 Å². The molecule has 0 unspecified atom stereocenters. The third kappa shape index (κ3) is 3.55. The quantitative estimate of drug-likeness (QED) is 0.827. The monoisotopic (exact) mass is 235 g/mol. The zero-order chi connectivity index (χ0) is 12.7. The van der Waals surface area contributed by atoms with Crippen LogP contribution in [0.2, 0.25) is 0 Å². The number of aromatic nitrogens is 3. The highest BCUT2D eigenvalue weighted by atomic mass is 16.5. The number of fused-ring (bicyclic) bond motifs is 1. The van der Waals surface area contributed by atoms with Crippen LogP contribution in [0.25, 0.3) is 11.2 Å². The summed E-state index contributed by atoms with van der Waals surface area (Å²) in [7, 11) is 0. The van der Waals surface area contributed by atoms with Crippen LogP contribution in [-0.2, 0) is 16.0 Å². The molecule has 0 amide bonds. The lowest BCUT2D eigenvalue weighted by Gasteiger charge is -1.97. The molecule has 0 aliphatic rings. The van der Waals surface area contributed by atoms with Crippen LogP contribution < -0.4 is 0 Å². The van der Waals surface area contributed by atoms with Gasteiger partial charge in [0.1, 0.15) is 12.2 Å². The molecule has 0 fully saturated rings. The Balaban J connectivity index is 0.000000686. The minimum atomic E-state index is -0.281. The highest BCUT2D eigenvalue weighted by Gasteiger charge is 2.08. The molecular weight excluding hydrogens is 218 g/mol. The van der Waals surface area contributed by atoms with Crippen LogP contribution in [0.4, 0.5) is 0 Å². The first-order chi connectivity index (χ1) is 8.29. The first-order valence-electron chi connectivity index (χ1n) is 5.75. The lowest BCUT2D eigenvalue weighted by atomic mass is 10.4. The Bertz CT molecular complexity index is 446. The smallest absolute Gasteiger partial charge is 0.313 e. The van der Waals surface area contributed by atoms with Crippen molar-refractivity contribution in [1.82, 2.24) is 15.0 Å². The second kappa shape index (κ2) is 6.62. The molecular formula is C12H17N3O2. The van der Waals surface area contributed by atoms with Crippen molar-refractivity contribution in [2.45, 2.75) is 27.2 Å². The van der Waals surface area contributed by atoms with E-state index in [1.807, 2.05) is 26.0 Å². The summed E-state index contributed by atoms with van der Waals surface area (Å²) in [5.41, 5.74) is 1.45. The van der Waals surface area contributed by atoms with Crippen LogP contribution in [0.3, 0.4) is 0 Å². The number of H-pyrrole nitrogens is 1. The average molecular weight is 235 g/mol. The van der Waals surface area contributed by atoms with Gasteiger partial charge >= 0.3 is 5.97 Å². The van der Waals surface area contributed by atoms with E-state index in [-0.39, 0.29) is 12.4 Å². The van der Waals surface area contributed by atoms with E-state index in [0.717, 1.165) is 5.52 Å². The van der Waals surface area contributed by atoms with E-state index in [9.17, 15) is 4.79 Å². The molecule has 17 heavy (non-hydrogen) atoms. The molecule has 0 bridgehead atoms. The largest absolute Gasteiger partial charge is 0.466 e. The third-order valence-electron chi connectivity index (χ3n) is 1.92. The number of carbonyl (C=O) groups excluding carboxylic acids is 1. The topological polar surface area (TPSA) is 67.9 Å². The fourth-order valence-corrected chi connectivity index (χ4v) is 1.33. The van der Waals surface area contributed by atoms with Crippen molar-refractivity contribution in [3.05, 3.63) is 24.2 Å². The molecule has 2 aromatic heterocycles. The summed E-state index contributed by atoms with van der Waals surface area (Å²) in [4.78, 5) is 22.4. The molecule has 5 heteroatoms. The van der Waals surface area contributed by atoms with Gasteiger partial charge in [0.15, 0.2) is 5.65 Å². The van der Waals surface area contributed by atoms with Gasteiger partial charge in [-0.15, -0.1) is 0 Å². The molecule has 0 aromatic carbocycles. The van der Waals surface area contributed by atoms with Gasteiger partial charge in [0, 0.05) is 6.20 Å². The second-order valence-corrected chi connectivity index (χ2v) is 3.04. The van der Waals surface area contributed by atoms with Crippen molar-refractivity contribution in [2.75, 3.05) is 6.61 Å². The maximum atomic E-state index is 11.2. The number of carbonyl (C=O) groups is 1. The number of hydrogen-bond donors (Lipinski definition) is 1. The number of rotatable bonds is 3. The Labute approximate surface area is 100 Å². The summed E-state index contributed by atoms with van der Waals surface area (Å²) in [6, 6.07) is 3.68. The molecule has 0 atom stereocenters. The molecule has 0 radical (unpaired) electrons. The average Bonchev–Trinajstić information content (AvgIpc) is 2.73. The van der Waals surface area contributed by atoms with Crippen molar-refractivity contribution in [2.24, 2.45) is 0 Å². The van der Waals surface area contributed by atoms with E-state index in [1.165, 1.54) is 0 Å². The van der Waals surface area contributed by atoms with Gasteiger partial charge < -0.3 is 9.72 Å². The van der Waals surface area contributed by atoms with Crippen LogP contribution in [-0.4, -0.2) is 27.5 Å². The molecule has 0 spiro atoms. The lowest BCUT2D eigenvalue weighted by molar-refractivity contribution is -0.142. The van der Waals surface area contributed by atoms with E-state index >= 15 is 0 Å². The predicted octanol–water partition coefficient (Wildman–Crippen LogP) is 2.09. The van der Waals surface area contributed by atoms with Gasteiger partial charge in [-0.25, -0.2) is 9.97 Å². The minimum absolute atomic E-state index is 0.157. The van der Waals surface area contributed by atoms with Crippen molar-refractivity contribution in [3.8, 4) is 0 Å². The lowest BCUT2D eigenvalue weighted by Crippen LogP contribution is -2.08. The maximum Gasteiger partial charge on any atom is 0.313 e. The molecule has 0 saturated carbocycles. The third-order valence-corrected chi connectivity index (χ3v) is 1.92. The molecule has 2 heterocycles. The number of imidazole rings is 1. The number of pyridine rings is 1. The van der Waals surface area contributed by atoms with Crippen LogP contribution in [0.1, 0.15) is 26.6 Å². The highest BCUT2D eigenvalue weighted by molar-refractivity contribution is 5.75. The Hall–Kier alpha value is -1.91. The van der Waals surface area contributed by atoms with E-state index in [1.54, 1.807) is 13.1 Å². The Morgan fingerprint density at radius 1 is 1.47 bits per heavy atom. The summed E-state index contributed by atoms with van der Waals surface area (Å²) in [6.07, 6.45) is 1.82.